The van der Waals surface area contributed by atoms with Gasteiger partial charge in [0.15, 0.2) is 0 Å². The molecule has 0 atom stereocenters. The van der Waals surface area contributed by atoms with Crippen LogP contribution in [-0.2, 0) is 6.42 Å². The van der Waals surface area contributed by atoms with Crippen molar-refractivity contribution < 1.29 is 4.92 Å². The minimum Gasteiger partial charge on any atom is -0.258 e. The summed E-state index contributed by atoms with van der Waals surface area (Å²) in [6.45, 7) is 0. The number of nitrogens with zero attached hydrogens (tertiary/aromatic N) is 1. The predicted molar refractivity (Wildman–Crippen MR) is 63.4 cm³/mol. The maximum atomic E-state index is 10.6. The van der Waals surface area contributed by atoms with Gasteiger partial charge in [-0.25, -0.2) is 0 Å². The van der Waals surface area contributed by atoms with Crippen molar-refractivity contribution in [3.05, 3.63) is 38.3 Å². The highest BCUT2D eigenvalue weighted by Gasteiger charge is 2.12. The van der Waals surface area contributed by atoms with Crippen LogP contribution in [0.25, 0.3) is 0 Å². The Morgan fingerprint density at radius 1 is 1.54 bits per heavy atom. The van der Waals surface area contributed by atoms with Gasteiger partial charge in [-0.1, -0.05) is 44.6 Å². The fraction of sp³-hybridized carbons (Fsp3) is 0.250. The van der Waals surface area contributed by atoms with E-state index in [0.717, 1.165) is 20.9 Å². The zero-order valence-electron chi connectivity index (χ0n) is 6.67. The molecule has 0 heterocycles. The first-order valence-corrected chi connectivity index (χ1v) is 5.96. The Bertz CT molecular complexity index is 330. The van der Waals surface area contributed by atoms with Crippen molar-refractivity contribution in [1.82, 2.24) is 0 Å². The van der Waals surface area contributed by atoms with Crippen LogP contribution >= 0.6 is 38.5 Å². The van der Waals surface area contributed by atoms with Crippen molar-refractivity contribution >= 4 is 44.2 Å². The molecule has 5 heteroatoms. The molecule has 0 fully saturated rings. The first-order chi connectivity index (χ1) is 6.15. The molecule has 0 aliphatic carbocycles. The lowest BCUT2D eigenvalue weighted by atomic mass is 10.1. The van der Waals surface area contributed by atoms with Crippen molar-refractivity contribution in [1.29, 1.82) is 0 Å². The lowest BCUT2D eigenvalue weighted by molar-refractivity contribution is -0.385. The van der Waals surface area contributed by atoms with E-state index in [9.17, 15) is 10.1 Å². The van der Waals surface area contributed by atoms with E-state index in [1.165, 1.54) is 0 Å². The summed E-state index contributed by atoms with van der Waals surface area (Å²) in [7, 11) is 0. The van der Waals surface area contributed by atoms with Crippen molar-refractivity contribution in [2.75, 3.05) is 4.43 Å². The maximum absolute atomic E-state index is 10.6. The molecule has 0 spiro atoms. The second-order valence-corrected chi connectivity index (χ2v) is 4.46. The molecular weight excluding hydrogens is 349 g/mol. The summed E-state index contributed by atoms with van der Waals surface area (Å²) in [5.74, 6) is 0. The van der Waals surface area contributed by atoms with Gasteiger partial charge in [-0.3, -0.25) is 10.1 Å². The van der Waals surface area contributed by atoms with Crippen LogP contribution in [0, 0.1) is 10.1 Å². The number of nitro benzene ring substituents is 1. The van der Waals surface area contributed by atoms with Gasteiger partial charge < -0.3 is 0 Å². The number of rotatable bonds is 3. The molecule has 0 bridgehead atoms. The number of hydrogen-bond donors (Lipinski definition) is 0. The molecule has 1 rings (SSSR count). The zero-order valence-corrected chi connectivity index (χ0v) is 10.4. The Hall–Kier alpha value is -0.170. The molecule has 0 aromatic heterocycles. The average molecular weight is 356 g/mol. The lowest BCUT2D eigenvalue weighted by Gasteiger charge is -2.00. The third-order valence-corrected chi connectivity index (χ3v) is 2.64. The SMILES string of the molecule is O=[N+]([O-])c1cc(Br)ccc1CCI. The summed E-state index contributed by atoms with van der Waals surface area (Å²) >= 11 is 5.41. The van der Waals surface area contributed by atoms with Crippen molar-refractivity contribution in [3.8, 4) is 0 Å². The highest BCUT2D eigenvalue weighted by Crippen LogP contribution is 2.24. The van der Waals surface area contributed by atoms with Crippen molar-refractivity contribution in [3.63, 3.8) is 0 Å². The van der Waals surface area contributed by atoms with E-state index in [2.05, 4.69) is 38.5 Å². The average Bonchev–Trinajstić information content (AvgIpc) is 2.08. The third kappa shape index (κ3) is 2.91. The van der Waals surface area contributed by atoms with E-state index in [-0.39, 0.29) is 10.6 Å². The molecule has 3 nitrogen and oxygen atoms in total. The van der Waals surface area contributed by atoms with Gasteiger partial charge in [-0.15, -0.1) is 0 Å². The number of aryl methyl sites for hydroxylation is 1. The largest absolute Gasteiger partial charge is 0.273 e. The Morgan fingerprint density at radius 3 is 2.77 bits per heavy atom. The monoisotopic (exact) mass is 355 g/mol. The molecule has 70 valence electrons. The normalized spacial score (nSPS) is 10.0. The number of alkyl halides is 1. The highest BCUT2D eigenvalue weighted by molar-refractivity contribution is 14.1. The molecule has 0 saturated heterocycles. The third-order valence-electron chi connectivity index (χ3n) is 1.61. The molecule has 0 aliphatic heterocycles. The van der Waals surface area contributed by atoms with E-state index in [1.807, 2.05) is 6.07 Å². The molecule has 0 unspecified atom stereocenters. The second kappa shape index (κ2) is 4.90. The molecule has 0 aliphatic rings. The van der Waals surface area contributed by atoms with Crippen LogP contribution in [0.4, 0.5) is 5.69 Å². The Morgan fingerprint density at radius 2 is 2.23 bits per heavy atom. The minimum absolute atomic E-state index is 0.200. The van der Waals surface area contributed by atoms with Crippen LogP contribution in [0.15, 0.2) is 22.7 Å². The second-order valence-electron chi connectivity index (χ2n) is 2.47. The molecular formula is C8H7BrINO2. The van der Waals surface area contributed by atoms with Crippen LogP contribution in [0.5, 0.6) is 0 Å². The fourth-order valence-corrected chi connectivity index (χ4v) is 1.95. The van der Waals surface area contributed by atoms with Gasteiger partial charge >= 0.3 is 0 Å². The first kappa shape index (κ1) is 10.9. The molecule has 0 N–H and O–H groups in total. The van der Waals surface area contributed by atoms with Gasteiger partial charge in [0.1, 0.15) is 0 Å². The molecule has 0 amide bonds. The van der Waals surface area contributed by atoms with Crippen molar-refractivity contribution in [2.24, 2.45) is 0 Å². The van der Waals surface area contributed by atoms with E-state index in [0.29, 0.717) is 0 Å². The van der Waals surface area contributed by atoms with E-state index >= 15 is 0 Å². The number of hydrogen-bond acceptors (Lipinski definition) is 2. The standard InChI is InChI=1S/C8H7BrINO2/c9-7-2-1-6(3-4-10)8(5-7)11(12)13/h1-2,5H,3-4H2. The Labute approximate surface area is 97.9 Å². The Kier molecular flexibility index (Phi) is 4.11. The summed E-state index contributed by atoms with van der Waals surface area (Å²) in [6.07, 6.45) is 0.740. The topological polar surface area (TPSA) is 43.1 Å². The number of nitro groups is 1. The van der Waals surface area contributed by atoms with Crippen molar-refractivity contribution in [2.45, 2.75) is 6.42 Å². The van der Waals surface area contributed by atoms with Crippen LogP contribution in [-0.4, -0.2) is 9.35 Å². The smallest absolute Gasteiger partial charge is 0.258 e. The molecule has 1 aromatic rings. The minimum atomic E-state index is -0.341. The summed E-state index contributed by atoms with van der Waals surface area (Å²) in [6, 6.07) is 5.16. The molecule has 0 radical (unpaired) electrons. The van der Waals surface area contributed by atoms with Crippen LogP contribution < -0.4 is 0 Å². The summed E-state index contributed by atoms with van der Waals surface area (Å²) in [5.41, 5.74) is 0.994. The van der Waals surface area contributed by atoms with Gasteiger partial charge in [-0.05, 0) is 12.5 Å². The lowest BCUT2D eigenvalue weighted by Crippen LogP contribution is -1.95. The zero-order chi connectivity index (χ0) is 9.84. The van der Waals surface area contributed by atoms with Gasteiger partial charge in [0.2, 0.25) is 0 Å². The quantitative estimate of drug-likeness (QED) is 0.361. The van der Waals surface area contributed by atoms with Gasteiger partial charge in [0.25, 0.3) is 5.69 Å². The predicted octanol–water partition coefficient (Wildman–Crippen LogP) is 3.33. The summed E-state index contributed by atoms with van der Waals surface area (Å²) < 4.78 is 1.64. The van der Waals surface area contributed by atoms with Crippen LogP contribution in [0.2, 0.25) is 0 Å². The number of benzene rings is 1. The first-order valence-electron chi connectivity index (χ1n) is 3.64. The van der Waals surface area contributed by atoms with Gasteiger partial charge in [0, 0.05) is 20.5 Å². The highest BCUT2D eigenvalue weighted by atomic mass is 127. The van der Waals surface area contributed by atoms with E-state index in [1.54, 1.807) is 12.1 Å². The summed E-state index contributed by atoms with van der Waals surface area (Å²) in [4.78, 5) is 10.3. The fourth-order valence-electron chi connectivity index (χ4n) is 1.02. The molecule has 0 saturated carbocycles. The van der Waals surface area contributed by atoms with Crippen LogP contribution in [0.3, 0.4) is 0 Å². The number of halogens is 2. The van der Waals surface area contributed by atoms with Crippen LogP contribution in [0.1, 0.15) is 5.56 Å². The molecule has 1 aromatic carbocycles. The molecule has 13 heavy (non-hydrogen) atoms. The van der Waals surface area contributed by atoms with Gasteiger partial charge in [0.05, 0.1) is 4.92 Å². The Balaban J connectivity index is 3.10. The maximum Gasteiger partial charge on any atom is 0.273 e. The van der Waals surface area contributed by atoms with E-state index < -0.39 is 0 Å². The summed E-state index contributed by atoms with van der Waals surface area (Å²) in [5, 5.41) is 10.6. The van der Waals surface area contributed by atoms with Gasteiger partial charge in [-0.2, -0.15) is 0 Å². The van der Waals surface area contributed by atoms with E-state index in [4.69, 9.17) is 0 Å².